The number of amides is 2. The second kappa shape index (κ2) is 7.87. The van der Waals surface area contributed by atoms with Gasteiger partial charge in [-0.2, -0.15) is 0 Å². The van der Waals surface area contributed by atoms with Gasteiger partial charge in [0, 0.05) is 17.1 Å². The van der Waals surface area contributed by atoms with Crippen molar-refractivity contribution in [3.8, 4) is 0 Å². The lowest BCUT2D eigenvalue weighted by atomic mass is 10.1. The molecule has 0 bridgehead atoms. The van der Waals surface area contributed by atoms with Gasteiger partial charge >= 0.3 is 0 Å². The predicted octanol–water partition coefficient (Wildman–Crippen LogP) is 3.69. The summed E-state index contributed by atoms with van der Waals surface area (Å²) < 4.78 is 0. The molecule has 2 amide bonds. The normalized spacial score (nSPS) is 22.8. The number of aromatic nitrogens is 1. The molecule has 5 nitrogen and oxygen atoms in total. The molecule has 3 rings (SSSR count). The lowest BCUT2D eigenvalue weighted by molar-refractivity contribution is -0.139. The van der Waals surface area contributed by atoms with Crippen LogP contribution in [0.2, 0.25) is 0 Å². The quantitative estimate of drug-likeness (QED) is 0.862. The highest BCUT2D eigenvalue weighted by atomic mass is 32.2. The van der Waals surface area contributed by atoms with Gasteiger partial charge in [0.25, 0.3) is 0 Å². The fourth-order valence-corrected chi connectivity index (χ4v) is 5.25. The van der Waals surface area contributed by atoms with E-state index in [-0.39, 0.29) is 23.8 Å². The van der Waals surface area contributed by atoms with E-state index in [0.717, 1.165) is 37.8 Å². The average molecular weight is 368 g/mol. The lowest BCUT2D eigenvalue weighted by Crippen LogP contribution is -2.46. The molecule has 7 heteroatoms. The van der Waals surface area contributed by atoms with Crippen LogP contribution in [-0.4, -0.2) is 39.4 Å². The highest BCUT2D eigenvalue weighted by Gasteiger charge is 2.38. The minimum absolute atomic E-state index is 0.101. The van der Waals surface area contributed by atoms with Crippen molar-refractivity contribution in [3.05, 3.63) is 11.1 Å². The Balaban J connectivity index is 1.63. The fraction of sp³-hybridized carbons (Fsp3) is 0.706. The maximum absolute atomic E-state index is 12.7. The summed E-state index contributed by atoms with van der Waals surface area (Å²) in [4.78, 5) is 31.6. The van der Waals surface area contributed by atoms with Gasteiger partial charge in [0.2, 0.25) is 11.8 Å². The first-order chi connectivity index (χ1) is 11.6. The zero-order valence-electron chi connectivity index (χ0n) is 14.3. The topological polar surface area (TPSA) is 62.3 Å². The van der Waals surface area contributed by atoms with Crippen molar-refractivity contribution in [3.63, 3.8) is 0 Å². The van der Waals surface area contributed by atoms with Crippen LogP contribution in [0.3, 0.4) is 0 Å². The number of carbonyl (C=O) groups is 2. The largest absolute Gasteiger partial charge is 0.320 e. The maximum Gasteiger partial charge on any atom is 0.249 e. The molecule has 132 valence electrons. The summed E-state index contributed by atoms with van der Waals surface area (Å²) >= 11 is 3.12. The van der Waals surface area contributed by atoms with Crippen LogP contribution in [0, 0.1) is 5.92 Å². The van der Waals surface area contributed by atoms with Gasteiger partial charge in [0.05, 0.1) is 11.6 Å². The first-order valence-electron chi connectivity index (χ1n) is 8.74. The Morgan fingerprint density at radius 2 is 2.17 bits per heavy atom. The number of nitrogens with one attached hydrogen (secondary N) is 1. The molecule has 1 aliphatic heterocycles. The van der Waals surface area contributed by atoms with E-state index in [1.165, 1.54) is 11.3 Å². The highest BCUT2D eigenvalue weighted by Crippen LogP contribution is 2.31. The van der Waals surface area contributed by atoms with Gasteiger partial charge in [0.15, 0.2) is 5.13 Å². The monoisotopic (exact) mass is 367 g/mol. The first kappa shape index (κ1) is 17.7. The number of rotatable bonds is 5. The van der Waals surface area contributed by atoms with Gasteiger partial charge in [-0.25, -0.2) is 4.98 Å². The summed E-state index contributed by atoms with van der Waals surface area (Å²) in [6, 6.07) is -0.362. The Bertz CT molecular complexity index is 598. The Kier molecular flexibility index (Phi) is 5.81. The summed E-state index contributed by atoms with van der Waals surface area (Å²) in [6.45, 7) is 4.26. The van der Waals surface area contributed by atoms with Crippen molar-refractivity contribution in [1.82, 2.24) is 9.88 Å². The smallest absolute Gasteiger partial charge is 0.249 e. The number of hydrogen-bond acceptors (Lipinski definition) is 5. The van der Waals surface area contributed by atoms with Crippen molar-refractivity contribution in [2.45, 2.75) is 57.9 Å². The third-order valence-electron chi connectivity index (χ3n) is 5.04. The van der Waals surface area contributed by atoms with Crippen LogP contribution in [0.5, 0.6) is 0 Å². The number of thiazole rings is 1. The molecule has 0 spiro atoms. The molecular weight excluding hydrogens is 342 g/mol. The molecule has 2 unspecified atom stereocenters. The van der Waals surface area contributed by atoms with Gasteiger partial charge in [-0.1, -0.05) is 26.7 Å². The van der Waals surface area contributed by atoms with Crippen LogP contribution < -0.4 is 5.32 Å². The van der Waals surface area contributed by atoms with Crippen LogP contribution in [0.15, 0.2) is 5.38 Å². The number of nitrogens with zero attached hydrogens (tertiary/aromatic N) is 2. The molecule has 2 atom stereocenters. The van der Waals surface area contributed by atoms with Crippen LogP contribution in [0.4, 0.5) is 5.13 Å². The number of anilines is 1. The minimum Gasteiger partial charge on any atom is -0.320 e. The molecule has 0 radical (unpaired) electrons. The highest BCUT2D eigenvalue weighted by molar-refractivity contribution is 7.99. The lowest BCUT2D eigenvalue weighted by Gasteiger charge is -2.25. The van der Waals surface area contributed by atoms with E-state index in [4.69, 9.17) is 0 Å². The molecule has 1 aromatic rings. The minimum atomic E-state index is -0.362. The van der Waals surface area contributed by atoms with Gasteiger partial charge in [0.1, 0.15) is 6.04 Å². The van der Waals surface area contributed by atoms with Crippen LogP contribution in [-0.2, 0) is 9.59 Å². The number of carbonyl (C=O) groups excluding carboxylic acids is 2. The van der Waals surface area contributed by atoms with Crippen molar-refractivity contribution < 1.29 is 9.59 Å². The molecule has 0 aromatic carbocycles. The molecule has 2 fully saturated rings. The first-order valence-corrected chi connectivity index (χ1v) is 10.8. The van der Waals surface area contributed by atoms with E-state index < -0.39 is 0 Å². The van der Waals surface area contributed by atoms with Crippen LogP contribution >= 0.6 is 23.1 Å². The summed E-state index contributed by atoms with van der Waals surface area (Å²) in [5.74, 6) is 1.89. The van der Waals surface area contributed by atoms with E-state index >= 15 is 0 Å². The predicted molar refractivity (Wildman–Crippen MR) is 99.4 cm³/mol. The zero-order valence-corrected chi connectivity index (χ0v) is 15.9. The second-order valence-electron chi connectivity index (χ2n) is 6.68. The maximum atomic E-state index is 12.7. The molecule has 1 saturated carbocycles. The summed E-state index contributed by atoms with van der Waals surface area (Å²) in [6.07, 6.45) is 5.23. The third kappa shape index (κ3) is 3.77. The Morgan fingerprint density at radius 1 is 1.42 bits per heavy atom. The SMILES string of the molecule is CCC(C)c1csc(NC(=O)C2CSCN2C(=O)C2CCCC2)n1. The molecule has 1 aromatic heterocycles. The summed E-state index contributed by atoms with van der Waals surface area (Å²) in [7, 11) is 0. The Morgan fingerprint density at radius 3 is 2.88 bits per heavy atom. The van der Waals surface area contributed by atoms with Gasteiger partial charge < -0.3 is 10.2 Å². The van der Waals surface area contributed by atoms with E-state index in [1.807, 2.05) is 5.38 Å². The summed E-state index contributed by atoms with van der Waals surface area (Å²) in [5, 5.41) is 5.57. The average Bonchev–Trinajstić information content (AvgIpc) is 3.32. The standard InChI is InChI=1S/C17H25N3O2S2/c1-3-11(2)13-8-24-17(18-13)19-15(21)14-9-23-10-20(14)16(22)12-6-4-5-7-12/h8,11-12,14H,3-7,9-10H2,1-2H3,(H,18,19,21). The van der Waals surface area contributed by atoms with Crippen molar-refractivity contribution in [2.75, 3.05) is 16.9 Å². The van der Waals surface area contributed by atoms with Crippen molar-refractivity contribution >= 4 is 40.0 Å². The van der Waals surface area contributed by atoms with Gasteiger partial charge in [-0.05, 0) is 25.2 Å². The van der Waals surface area contributed by atoms with E-state index in [2.05, 4.69) is 24.1 Å². The summed E-state index contributed by atoms with van der Waals surface area (Å²) in [5.41, 5.74) is 1.03. The van der Waals surface area contributed by atoms with Crippen molar-refractivity contribution in [1.29, 1.82) is 0 Å². The van der Waals surface area contributed by atoms with Crippen LogP contribution in [0.25, 0.3) is 0 Å². The number of thioether (sulfide) groups is 1. The molecule has 1 aliphatic carbocycles. The molecule has 1 N–H and O–H groups in total. The molecular formula is C17H25N3O2S2. The molecule has 24 heavy (non-hydrogen) atoms. The second-order valence-corrected chi connectivity index (χ2v) is 8.54. The van der Waals surface area contributed by atoms with Gasteiger partial charge in [-0.3, -0.25) is 9.59 Å². The molecule has 2 aliphatic rings. The fourth-order valence-electron chi connectivity index (χ4n) is 3.25. The number of hydrogen-bond donors (Lipinski definition) is 1. The zero-order chi connectivity index (χ0) is 17.1. The Labute approximate surface area is 151 Å². The van der Waals surface area contributed by atoms with E-state index in [1.54, 1.807) is 16.7 Å². The molecule has 2 heterocycles. The van der Waals surface area contributed by atoms with E-state index in [9.17, 15) is 9.59 Å². The van der Waals surface area contributed by atoms with E-state index in [0.29, 0.717) is 22.7 Å². The third-order valence-corrected chi connectivity index (χ3v) is 6.83. The van der Waals surface area contributed by atoms with Crippen molar-refractivity contribution in [2.24, 2.45) is 5.92 Å². The molecule has 1 saturated heterocycles. The van der Waals surface area contributed by atoms with Crippen LogP contribution in [0.1, 0.15) is 57.6 Å². The van der Waals surface area contributed by atoms with Gasteiger partial charge in [-0.15, -0.1) is 23.1 Å². The Hall–Kier alpha value is -1.08.